The minimum absolute atomic E-state index is 0.560. The first kappa shape index (κ1) is 15.3. The van der Waals surface area contributed by atoms with Crippen molar-refractivity contribution in [2.24, 2.45) is 0 Å². The zero-order valence-electron chi connectivity index (χ0n) is 12.7. The summed E-state index contributed by atoms with van der Waals surface area (Å²) in [6.07, 6.45) is 2.32. The molecule has 2 aromatic carbocycles. The Balaban J connectivity index is 1.55. The van der Waals surface area contributed by atoms with Crippen LogP contribution in [0, 0.1) is 0 Å². The van der Waals surface area contributed by atoms with Crippen molar-refractivity contribution in [3.8, 4) is 0 Å². The molecule has 1 aliphatic rings. The third-order valence-corrected chi connectivity index (χ3v) is 4.54. The van der Waals surface area contributed by atoms with Crippen molar-refractivity contribution in [2.45, 2.75) is 25.3 Å². The molecule has 0 atom stereocenters. The van der Waals surface area contributed by atoms with Crippen molar-refractivity contribution >= 4 is 12.6 Å². The first-order chi connectivity index (χ1) is 10.7. The second-order valence-electron chi connectivity index (χ2n) is 6.08. The van der Waals surface area contributed by atoms with Gasteiger partial charge in [0.2, 0.25) is 0 Å². The third-order valence-electron chi connectivity index (χ3n) is 4.54. The van der Waals surface area contributed by atoms with Crippen LogP contribution in [0.4, 0.5) is 0 Å². The number of hydrogen-bond donors (Lipinski definition) is 2. The van der Waals surface area contributed by atoms with Gasteiger partial charge in [-0.25, -0.2) is 0 Å². The van der Waals surface area contributed by atoms with Crippen LogP contribution < -0.4 is 5.46 Å². The molecule has 0 amide bonds. The molecular formula is C18H22BNO2. The van der Waals surface area contributed by atoms with E-state index >= 15 is 0 Å². The van der Waals surface area contributed by atoms with Gasteiger partial charge in [0.15, 0.2) is 0 Å². The van der Waals surface area contributed by atoms with Crippen LogP contribution in [0.2, 0.25) is 0 Å². The molecule has 1 aliphatic heterocycles. The maximum Gasteiger partial charge on any atom is 0.488 e. The zero-order chi connectivity index (χ0) is 15.4. The fourth-order valence-electron chi connectivity index (χ4n) is 3.21. The number of rotatable bonds is 4. The number of piperidine rings is 1. The fourth-order valence-corrected chi connectivity index (χ4v) is 3.21. The van der Waals surface area contributed by atoms with E-state index in [1.807, 2.05) is 24.3 Å². The second kappa shape index (κ2) is 7.10. The molecule has 0 spiro atoms. The molecule has 0 unspecified atom stereocenters. The Kier molecular flexibility index (Phi) is 4.93. The summed E-state index contributed by atoms with van der Waals surface area (Å²) in [7, 11) is -1.37. The highest BCUT2D eigenvalue weighted by Gasteiger charge is 2.21. The van der Waals surface area contributed by atoms with E-state index < -0.39 is 7.12 Å². The second-order valence-corrected chi connectivity index (χ2v) is 6.08. The Hall–Kier alpha value is -1.62. The van der Waals surface area contributed by atoms with Crippen LogP contribution in [0.5, 0.6) is 0 Å². The maximum atomic E-state index is 9.15. The smallest absolute Gasteiger partial charge is 0.423 e. The third kappa shape index (κ3) is 3.77. The van der Waals surface area contributed by atoms with Crippen LogP contribution in [-0.4, -0.2) is 35.2 Å². The van der Waals surface area contributed by atoms with Crippen LogP contribution in [-0.2, 0) is 6.54 Å². The zero-order valence-corrected chi connectivity index (χ0v) is 12.7. The molecule has 1 saturated heterocycles. The average Bonchev–Trinajstić information content (AvgIpc) is 2.57. The molecule has 0 radical (unpaired) electrons. The van der Waals surface area contributed by atoms with Gasteiger partial charge in [-0.3, -0.25) is 4.90 Å². The molecule has 1 fully saturated rings. The van der Waals surface area contributed by atoms with E-state index in [-0.39, 0.29) is 0 Å². The van der Waals surface area contributed by atoms with Crippen LogP contribution in [0.3, 0.4) is 0 Å². The highest BCUT2D eigenvalue weighted by Crippen LogP contribution is 2.28. The van der Waals surface area contributed by atoms with Gasteiger partial charge in [0.25, 0.3) is 0 Å². The van der Waals surface area contributed by atoms with E-state index in [1.165, 1.54) is 11.1 Å². The Morgan fingerprint density at radius 1 is 0.909 bits per heavy atom. The number of nitrogens with zero attached hydrogens (tertiary/aromatic N) is 1. The lowest BCUT2D eigenvalue weighted by Crippen LogP contribution is -2.33. The molecule has 0 bridgehead atoms. The summed E-state index contributed by atoms with van der Waals surface area (Å²) in [4.78, 5) is 2.51. The molecule has 2 N–H and O–H groups in total. The normalized spacial score (nSPS) is 16.6. The predicted molar refractivity (Wildman–Crippen MR) is 90.0 cm³/mol. The van der Waals surface area contributed by atoms with Crippen LogP contribution in [0.1, 0.15) is 29.9 Å². The summed E-state index contributed by atoms with van der Waals surface area (Å²) in [5.41, 5.74) is 3.25. The summed E-state index contributed by atoms with van der Waals surface area (Å²) in [6, 6.07) is 18.3. The molecule has 22 heavy (non-hydrogen) atoms. The van der Waals surface area contributed by atoms with E-state index in [9.17, 15) is 0 Å². The van der Waals surface area contributed by atoms with E-state index in [2.05, 4.69) is 35.2 Å². The van der Waals surface area contributed by atoms with Crippen LogP contribution in [0.25, 0.3) is 0 Å². The lowest BCUT2D eigenvalue weighted by atomic mass is 9.78. The van der Waals surface area contributed by atoms with Gasteiger partial charge in [0.1, 0.15) is 0 Å². The fraction of sp³-hybridized carbons (Fsp3) is 0.333. The highest BCUT2D eigenvalue weighted by atomic mass is 16.4. The molecule has 0 saturated carbocycles. The molecule has 114 valence electrons. The SMILES string of the molecule is OB(O)c1ccc(C2CCN(Cc3ccccc3)CC2)cc1. The largest absolute Gasteiger partial charge is 0.488 e. The van der Waals surface area contributed by atoms with E-state index in [0.717, 1.165) is 32.5 Å². The highest BCUT2D eigenvalue weighted by molar-refractivity contribution is 6.58. The Labute approximate surface area is 132 Å². The first-order valence-corrected chi connectivity index (χ1v) is 7.94. The average molecular weight is 295 g/mol. The molecular weight excluding hydrogens is 273 g/mol. The predicted octanol–water partition coefficient (Wildman–Crippen LogP) is 1.75. The Bertz CT molecular complexity index is 578. The van der Waals surface area contributed by atoms with Gasteiger partial charge < -0.3 is 10.0 Å². The number of hydrogen-bond acceptors (Lipinski definition) is 3. The molecule has 3 nitrogen and oxygen atoms in total. The summed E-state index contributed by atoms with van der Waals surface area (Å²) in [5.74, 6) is 0.580. The molecule has 0 aromatic heterocycles. The quantitative estimate of drug-likeness (QED) is 0.845. The Morgan fingerprint density at radius 3 is 2.14 bits per heavy atom. The summed E-state index contributed by atoms with van der Waals surface area (Å²) in [6.45, 7) is 3.26. The van der Waals surface area contributed by atoms with Crippen LogP contribution >= 0.6 is 0 Å². The van der Waals surface area contributed by atoms with Gasteiger partial charge in [-0.05, 0) is 48.4 Å². The summed E-state index contributed by atoms with van der Waals surface area (Å²) in [5, 5.41) is 18.3. The van der Waals surface area contributed by atoms with Gasteiger partial charge in [-0.2, -0.15) is 0 Å². The van der Waals surface area contributed by atoms with Crippen molar-refractivity contribution in [3.63, 3.8) is 0 Å². The van der Waals surface area contributed by atoms with E-state index in [0.29, 0.717) is 11.4 Å². The van der Waals surface area contributed by atoms with Crippen molar-refractivity contribution in [2.75, 3.05) is 13.1 Å². The Morgan fingerprint density at radius 2 is 1.55 bits per heavy atom. The standard InChI is InChI=1S/C18H22BNO2/c21-19(22)18-8-6-16(7-9-18)17-10-12-20(13-11-17)14-15-4-2-1-3-5-15/h1-9,17,21-22H,10-14H2. The minimum atomic E-state index is -1.37. The molecule has 0 aliphatic carbocycles. The topological polar surface area (TPSA) is 43.7 Å². The van der Waals surface area contributed by atoms with Crippen molar-refractivity contribution < 1.29 is 10.0 Å². The van der Waals surface area contributed by atoms with Gasteiger partial charge in [-0.15, -0.1) is 0 Å². The molecule has 2 aromatic rings. The van der Waals surface area contributed by atoms with E-state index in [4.69, 9.17) is 10.0 Å². The monoisotopic (exact) mass is 295 g/mol. The van der Waals surface area contributed by atoms with Gasteiger partial charge in [0.05, 0.1) is 0 Å². The number of benzene rings is 2. The summed E-state index contributed by atoms with van der Waals surface area (Å²) < 4.78 is 0. The molecule has 1 heterocycles. The van der Waals surface area contributed by atoms with Crippen molar-refractivity contribution in [3.05, 3.63) is 65.7 Å². The van der Waals surface area contributed by atoms with Gasteiger partial charge in [-0.1, -0.05) is 54.6 Å². The van der Waals surface area contributed by atoms with Crippen molar-refractivity contribution in [1.82, 2.24) is 4.90 Å². The lowest BCUT2D eigenvalue weighted by Gasteiger charge is -2.32. The van der Waals surface area contributed by atoms with Crippen LogP contribution in [0.15, 0.2) is 54.6 Å². The van der Waals surface area contributed by atoms with Gasteiger partial charge in [0, 0.05) is 6.54 Å². The van der Waals surface area contributed by atoms with Crippen molar-refractivity contribution in [1.29, 1.82) is 0 Å². The summed E-state index contributed by atoms with van der Waals surface area (Å²) >= 11 is 0. The first-order valence-electron chi connectivity index (χ1n) is 7.94. The maximum absolute atomic E-state index is 9.15. The lowest BCUT2D eigenvalue weighted by molar-refractivity contribution is 0.204. The number of likely N-dealkylation sites (tertiary alicyclic amines) is 1. The molecule has 4 heteroatoms. The minimum Gasteiger partial charge on any atom is -0.423 e. The van der Waals surface area contributed by atoms with E-state index in [1.54, 1.807) is 0 Å². The molecule has 3 rings (SSSR count). The van der Waals surface area contributed by atoms with Gasteiger partial charge >= 0.3 is 7.12 Å².